The lowest BCUT2D eigenvalue weighted by Gasteiger charge is -2.27. The van der Waals surface area contributed by atoms with Crippen LogP contribution in [0.3, 0.4) is 0 Å². The predicted molar refractivity (Wildman–Crippen MR) is 266 cm³/mol. The highest BCUT2D eigenvalue weighted by Crippen LogP contribution is 2.34. The number of hydrogen-bond donors (Lipinski definition) is 1. The van der Waals surface area contributed by atoms with Crippen LogP contribution in [0.25, 0.3) is 10.2 Å². The normalized spacial score (nSPS) is 17.7. The summed E-state index contributed by atoms with van der Waals surface area (Å²) in [5.74, 6) is 2.25. The average molecular weight is 974 g/mol. The number of carbonyl (C=O) groups is 4. The van der Waals surface area contributed by atoms with Crippen molar-refractivity contribution in [3.8, 4) is 34.5 Å². The first-order valence-corrected chi connectivity index (χ1v) is 24.5. The molecular formula is C54H59N3O12S. The van der Waals surface area contributed by atoms with Gasteiger partial charge >= 0.3 is 23.9 Å². The monoisotopic (exact) mass is 973 g/mol. The van der Waals surface area contributed by atoms with Gasteiger partial charge < -0.3 is 37.9 Å². The molecule has 2 fully saturated rings. The van der Waals surface area contributed by atoms with E-state index >= 15 is 0 Å². The van der Waals surface area contributed by atoms with Crippen molar-refractivity contribution in [2.45, 2.75) is 64.2 Å². The maximum absolute atomic E-state index is 13.1. The van der Waals surface area contributed by atoms with Gasteiger partial charge in [0, 0.05) is 30.6 Å². The minimum atomic E-state index is -0.464. The van der Waals surface area contributed by atoms with Crippen LogP contribution < -0.4 is 33.8 Å². The van der Waals surface area contributed by atoms with E-state index in [0.717, 1.165) is 53.6 Å². The lowest BCUT2D eigenvalue weighted by atomic mass is 9.82. The van der Waals surface area contributed by atoms with E-state index in [1.807, 2.05) is 42.5 Å². The van der Waals surface area contributed by atoms with Crippen LogP contribution in [0.5, 0.6) is 34.5 Å². The molecule has 0 spiro atoms. The summed E-state index contributed by atoms with van der Waals surface area (Å²) in [4.78, 5) is 53.1. The molecule has 1 N–H and O–H groups in total. The van der Waals surface area contributed by atoms with Crippen molar-refractivity contribution in [2.24, 2.45) is 28.8 Å². The Labute approximate surface area is 411 Å². The molecule has 4 aromatic carbocycles. The largest absolute Gasteiger partial charge is 0.493 e. The van der Waals surface area contributed by atoms with Gasteiger partial charge in [-0.15, -0.1) is 0 Å². The number of esters is 4. The maximum atomic E-state index is 13.1. The Morgan fingerprint density at radius 3 is 1.63 bits per heavy atom. The van der Waals surface area contributed by atoms with Crippen molar-refractivity contribution in [1.82, 2.24) is 4.98 Å². The zero-order chi connectivity index (χ0) is 48.9. The highest BCUT2D eigenvalue weighted by molar-refractivity contribution is 7.22. The number of nitrogens with zero attached hydrogens (tertiary/aromatic N) is 2. The smallest absolute Gasteiger partial charge is 0.330 e. The zero-order valence-electron chi connectivity index (χ0n) is 39.1. The summed E-state index contributed by atoms with van der Waals surface area (Å²) in [5, 5.41) is 5.20. The Kier molecular flexibility index (Phi) is 19.2. The third-order valence-electron chi connectivity index (χ3n) is 12.0. The lowest BCUT2D eigenvalue weighted by Crippen LogP contribution is -2.28. The Morgan fingerprint density at radius 2 is 1.10 bits per heavy atom. The van der Waals surface area contributed by atoms with Crippen LogP contribution in [0.1, 0.15) is 69.8 Å². The number of thiazole rings is 1. The minimum absolute atomic E-state index is 0.192. The summed E-state index contributed by atoms with van der Waals surface area (Å²) in [5.41, 5.74) is 4.71. The molecule has 0 aliphatic heterocycles. The first-order valence-electron chi connectivity index (χ1n) is 23.7. The van der Waals surface area contributed by atoms with Crippen LogP contribution >= 0.6 is 11.3 Å². The number of nitrogens with one attached hydrogen (secondary N) is 1. The molecule has 0 radical (unpaired) electrons. The van der Waals surface area contributed by atoms with Crippen LogP contribution in [-0.2, 0) is 28.7 Å². The van der Waals surface area contributed by atoms with Gasteiger partial charge in [-0.1, -0.05) is 36.6 Å². The average Bonchev–Trinajstić information content (AvgIpc) is 3.81. The van der Waals surface area contributed by atoms with E-state index in [1.165, 1.54) is 11.3 Å². The van der Waals surface area contributed by atoms with Gasteiger partial charge in [-0.3, -0.25) is 15.0 Å². The minimum Gasteiger partial charge on any atom is -0.493 e. The van der Waals surface area contributed by atoms with Crippen molar-refractivity contribution < 1.29 is 57.1 Å². The molecule has 0 amide bonds. The third-order valence-corrected chi connectivity index (χ3v) is 12.9. The van der Waals surface area contributed by atoms with Gasteiger partial charge in [-0.25, -0.2) is 14.6 Å². The zero-order valence-corrected chi connectivity index (χ0v) is 39.9. The lowest BCUT2D eigenvalue weighted by molar-refractivity contribution is -0.141. The molecule has 1 aromatic heterocycles. The number of fused-ring (bicyclic) bond motifs is 1. The number of rotatable bonds is 25. The van der Waals surface area contributed by atoms with Crippen LogP contribution in [0.4, 0.5) is 5.13 Å². The summed E-state index contributed by atoms with van der Waals surface area (Å²) in [6.45, 7) is 8.96. The third kappa shape index (κ3) is 15.9. The topological polar surface area (TPSA) is 179 Å². The molecule has 15 nitrogen and oxygen atoms in total. The molecule has 0 atom stereocenters. The number of benzene rings is 4. The molecule has 5 aromatic rings. The van der Waals surface area contributed by atoms with Gasteiger partial charge in [0.05, 0.1) is 67.9 Å². The number of hydrogen-bond acceptors (Lipinski definition) is 16. The second kappa shape index (κ2) is 26.5. The number of ether oxygens (including phenoxy) is 8. The molecule has 368 valence electrons. The van der Waals surface area contributed by atoms with Gasteiger partial charge in [0.2, 0.25) is 5.13 Å². The van der Waals surface area contributed by atoms with E-state index in [0.29, 0.717) is 105 Å². The second-order valence-electron chi connectivity index (χ2n) is 17.0. The highest BCUT2D eigenvalue weighted by Gasteiger charge is 2.30. The van der Waals surface area contributed by atoms with Crippen molar-refractivity contribution in [3.05, 3.63) is 122 Å². The maximum Gasteiger partial charge on any atom is 0.330 e. The van der Waals surface area contributed by atoms with Crippen molar-refractivity contribution >= 4 is 56.8 Å². The molecule has 0 bridgehead atoms. The predicted octanol–water partition coefficient (Wildman–Crippen LogP) is 10.3. The summed E-state index contributed by atoms with van der Waals surface area (Å²) in [6, 6.07) is 27.5. The van der Waals surface area contributed by atoms with E-state index in [4.69, 9.17) is 37.9 Å². The molecule has 2 saturated carbocycles. The summed E-state index contributed by atoms with van der Waals surface area (Å²) in [6.07, 6.45) is 11.2. The van der Waals surface area contributed by atoms with Crippen molar-refractivity contribution in [1.29, 1.82) is 0 Å². The summed E-state index contributed by atoms with van der Waals surface area (Å²) < 4.78 is 46.6. The highest BCUT2D eigenvalue weighted by atomic mass is 32.1. The number of hydrazone groups is 1. The molecule has 1 heterocycles. The number of carbonyl (C=O) groups excluding carboxylic acids is 4. The standard InChI is InChI=1S/C54H59N3O12S/c1-3-50(58)64-31-7-29-62-42-19-23-44(24-20-42)68-52(60)39-15-11-37(12-16-39)35-66-46-27-28-48(41(33-46)34-55-57-54-56-47-9-5-6-10-49(47)70-54)67-36-38-13-17-40(18-14-38)53(61)69-45-25-21-43(22-26-45)63-30-8-32-65-51(59)4-2/h3-6,9-10,19-28,33-34,37-40H,1-2,7-8,11-18,29-32,35-36H2,(H,56,57)/b55-34+. The van der Waals surface area contributed by atoms with Gasteiger partial charge in [0.1, 0.15) is 34.5 Å². The number of anilines is 1. The van der Waals surface area contributed by atoms with Gasteiger partial charge in [0.15, 0.2) is 0 Å². The second-order valence-corrected chi connectivity index (χ2v) is 18.1. The van der Waals surface area contributed by atoms with E-state index in [-0.39, 0.29) is 48.8 Å². The fourth-order valence-electron chi connectivity index (χ4n) is 8.05. The van der Waals surface area contributed by atoms with Crippen LogP contribution in [0.2, 0.25) is 0 Å². The Hall–Kier alpha value is -7.20. The first kappa shape index (κ1) is 50.7. The first-order chi connectivity index (χ1) is 34.2. The summed E-state index contributed by atoms with van der Waals surface area (Å²) >= 11 is 1.52. The fraction of sp³-hybridized carbons (Fsp3) is 0.370. The molecule has 2 aliphatic carbocycles. The van der Waals surface area contributed by atoms with E-state index in [2.05, 4.69) is 28.7 Å². The fourth-order valence-corrected chi connectivity index (χ4v) is 8.86. The molecule has 7 rings (SSSR count). The van der Waals surface area contributed by atoms with Crippen LogP contribution in [-0.4, -0.2) is 74.7 Å². The quantitative estimate of drug-likeness (QED) is 0.0146. The van der Waals surface area contributed by atoms with Crippen LogP contribution in [0.15, 0.2) is 121 Å². The molecule has 16 heteroatoms. The Bertz CT molecular complexity index is 2510. The number of para-hydroxylation sites is 1. The van der Waals surface area contributed by atoms with Gasteiger partial charge in [-0.2, -0.15) is 5.10 Å². The SMILES string of the molecule is C=CC(=O)OCCCOc1ccc(OC(=O)C2CCC(COc3ccc(OCC4CCC(C(=O)Oc5ccc(OCCCOC(=O)C=C)cc5)CC4)c(/C=N/Nc4nc5ccccc5s4)c3)CC2)cc1. The molecule has 2 aliphatic rings. The molecule has 70 heavy (non-hydrogen) atoms. The van der Waals surface area contributed by atoms with Crippen molar-refractivity contribution in [2.75, 3.05) is 45.1 Å². The van der Waals surface area contributed by atoms with E-state index < -0.39 is 11.9 Å². The summed E-state index contributed by atoms with van der Waals surface area (Å²) in [7, 11) is 0. The molecular weight excluding hydrogens is 915 g/mol. The Balaban J connectivity index is 0.856. The van der Waals surface area contributed by atoms with Crippen LogP contribution in [0, 0.1) is 23.7 Å². The van der Waals surface area contributed by atoms with Gasteiger partial charge in [0.25, 0.3) is 0 Å². The Morgan fingerprint density at radius 1 is 0.600 bits per heavy atom. The number of aromatic nitrogens is 1. The molecule has 0 unspecified atom stereocenters. The molecule has 0 saturated heterocycles. The van der Waals surface area contributed by atoms with Crippen molar-refractivity contribution in [3.63, 3.8) is 0 Å². The van der Waals surface area contributed by atoms with E-state index in [9.17, 15) is 19.2 Å². The van der Waals surface area contributed by atoms with Gasteiger partial charge in [-0.05, 0) is 142 Å². The van der Waals surface area contributed by atoms with E-state index in [1.54, 1.807) is 54.7 Å².